The van der Waals surface area contributed by atoms with E-state index in [0.29, 0.717) is 6.54 Å². The summed E-state index contributed by atoms with van der Waals surface area (Å²) >= 11 is 5.55. The molecule has 1 heterocycles. The summed E-state index contributed by atoms with van der Waals surface area (Å²) in [5.74, 6) is 0.174. The van der Waals surface area contributed by atoms with Gasteiger partial charge in [-0.05, 0) is 18.0 Å². The molecule has 0 aliphatic rings. The zero-order valence-corrected chi connectivity index (χ0v) is 13.2. The fourth-order valence-electron chi connectivity index (χ4n) is 1.00. The van der Waals surface area contributed by atoms with Crippen molar-refractivity contribution >= 4 is 42.8 Å². The highest BCUT2D eigenvalue weighted by Gasteiger charge is 2.15. The van der Waals surface area contributed by atoms with Crippen molar-refractivity contribution in [2.45, 2.75) is 19.8 Å². The number of unbranched alkanes of at least 4 members (excludes halogenated alkanes) is 1. The molecule has 0 radical (unpaired) electrons. The Kier molecular flexibility index (Phi) is 8.35. The zero-order valence-electron chi connectivity index (χ0n) is 10.8. The number of hydrogen-bond donors (Lipinski definition) is 1. The smallest absolute Gasteiger partial charge is 0.329 e. The SMILES string of the molecule is CCCCNc1nc(Cl)ncc1[N+](=O)[O-].CS(=O)(=O)Cl. The summed E-state index contributed by atoms with van der Waals surface area (Å²) < 4.78 is 18.8. The molecule has 0 fully saturated rings. The molecule has 8 nitrogen and oxygen atoms in total. The maximum Gasteiger partial charge on any atom is 0.329 e. The third kappa shape index (κ3) is 9.70. The molecule has 20 heavy (non-hydrogen) atoms. The Morgan fingerprint density at radius 2 is 2.05 bits per heavy atom. The highest BCUT2D eigenvalue weighted by molar-refractivity contribution is 8.13. The largest absolute Gasteiger partial charge is 0.364 e. The Hall–Kier alpha value is -1.19. The van der Waals surface area contributed by atoms with Gasteiger partial charge >= 0.3 is 5.69 Å². The summed E-state index contributed by atoms with van der Waals surface area (Å²) in [7, 11) is 1.31. The standard InChI is InChI=1S/C8H11ClN4O2.CH3ClO2S/c1-2-3-4-10-7-6(13(14)15)5-11-8(9)12-7;1-5(2,3)4/h5H,2-4H2,1H3,(H,10,11,12);1H3. The van der Waals surface area contributed by atoms with E-state index in [-0.39, 0.29) is 16.8 Å². The van der Waals surface area contributed by atoms with Gasteiger partial charge in [-0.25, -0.2) is 13.4 Å². The summed E-state index contributed by atoms with van der Waals surface area (Å²) in [5.41, 5.74) is -0.157. The summed E-state index contributed by atoms with van der Waals surface area (Å²) in [6, 6.07) is 0. The average Bonchev–Trinajstić information content (AvgIpc) is 2.26. The van der Waals surface area contributed by atoms with E-state index in [1.165, 1.54) is 0 Å². The molecule has 0 aromatic carbocycles. The molecule has 114 valence electrons. The number of halogens is 2. The van der Waals surface area contributed by atoms with Crippen molar-refractivity contribution in [3.05, 3.63) is 21.6 Å². The van der Waals surface area contributed by atoms with Crippen LogP contribution in [0.3, 0.4) is 0 Å². The first-order valence-electron chi connectivity index (χ1n) is 5.45. The zero-order chi connectivity index (χ0) is 15.8. The van der Waals surface area contributed by atoms with E-state index in [2.05, 4.69) is 26.0 Å². The van der Waals surface area contributed by atoms with Crippen molar-refractivity contribution in [2.24, 2.45) is 0 Å². The highest BCUT2D eigenvalue weighted by atomic mass is 35.7. The van der Waals surface area contributed by atoms with Crippen LogP contribution in [0.2, 0.25) is 5.28 Å². The van der Waals surface area contributed by atoms with Crippen LogP contribution in [0.1, 0.15) is 19.8 Å². The molecule has 0 unspecified atom stereocenters. The number of hydrogen-bond acceptors (Lipinski definition) is 7. The molecule has 11 heteroatoms. The van der Waals surface area contributed by atoms with Gasteiger partial charge in [0.15, 0.2) is 0 Å². The molecule has 0 aliphatic carbocycles. The predicted octanol–water partition coefficient (Wildman–Crippen LogP) is 2.44. The van der Waals surface area contributed by atoms with Crippen molar-refractivity contribution in [2.75, 3.05) is 18.1 Å². The molecular formula is C9H14Cl2N4O4S. The molecule has 0 aliphatic heterocycles. The third-order valence-electron chi connectivity index (χ3n) is 1.76. The van der Waals surface area contributed by atoms with Crippen LogP contribution < -0.4 is 5.32 Å². The lowest BCUT2D eigenvalue weighted by Gasteiger charge is -2.04. The second kappa shape index (κ2) is 8.88. The minimum atomic E-state index is -3.19. The van der Waals surface area contributed by atoms with E-state index in [1.807, 2.05) is 6.92 Å². The van der Waals surface area contributed by atoms with Crippen LogP contribution in [0.5, 0.6) is 0 Å². The molecule has 1 N–H and O–H groups in total. The summed E-state index contributed by atoms with van der Waals surface area (Å²) in [6.07, 6.45) is 3.94. The lowest BCUT2D eigenvalue weighted by Crippen LogP contribution is -2.06. The quantitative estimate of drug-likeness (QED) is 0.286. The predicted molar refractivity (Wildman–Crippen MR) is 77.8 cm³/mol. The Bertz CT molecular complexity index is 545. The Morgan fingerprint density at radius 1 is 1.50 bits per heavy atom. The number of rotatable bonds is 5. The Balaban J connectivity index is 0.000000621. The first-order chi connectivity index (χ1) is 9.15. The Labute approximate surface area is 126 Å². The lowest BCUT2D eigenvalue weighted by molar-refractivity contribution is -0.384. The molecule has 0 spiro atoms. The maximum absolute atomic E-state index is 10.6. The fourth-order valence-corrected chi connectivity index (χ4v) is 1.13. The molecule has 0 bridgehead atoms. The first-order valence-corrected chi connectivity index (χ1v) is 8.55. The number of nitrogens with one attached hydrogen (secondary N) is 1. The van der Waals surface area contributed by atoms with Crippen molar-refractivity contribution < 1.29 is 13.3 Å². The van der Waals surface area contributed by atoms with Crippen LogP contribution in [0.25, 0.3) is 0 Å². The van der Waals surface area contributed by atoms with Crippen LogP contribution in [0.4, 0.5) is 11.5 Å². The minimum Gasteiger partial charge on any atom is -0.364 e. The minimum absolute atomic E-state index is 0.000372. The van der Waals surface area contributed by atoms with Crippen molar-refractivity contribution in [3.8, 4) is 0 Å². The Morgan fingerprint density at radius 3 is 2.50 bits per heavy atom. The van der Waals surface area contributed by atoms with Crippen molar-refractivity contribution in [1.29, 1.82) is 0 Å². The van der Waals surface area contributed by atoms with Gasteiger partial charge in [0.1, 0.15) is 6.20 Å². The molecule has 0 saturated heterocycles. The van der Waals surface area contributed by atoms with E-state index < -0.39 is 14.0 Å². The van der Waals surface area contributed by atoms with Crippen LogP contribution in [-0.4, -0.2) is 36.1 Å². The molecule has 1 aromatic rings. The van der Waals surface area contributed by atoms with Gasteiger partial charge < -0.3 is 5.32 Å². The topological polar surface area (TPSA) is 115 Å². The molecule has 1 rings (SSSR count). The normalized spacial score (nSPS) is 10.4. The van der Waals surface area contributed by atoms with E-state index >= 15 is 0 Å². The number of anilines is 1. The second-order valence-corrected chi connectivity index (χ2v) is 6.98. The maximum atomic E-state index is 10.6. The van der Waals surface area contributed by atoms with Gasteiger partial charge in [-0.15, -0.1) is 0 Å². The third-order valence-corrected chi connectivity index (χ3v) is 1.94. The van der Waals surface area contributed by atoms with Gasteiger partial charge in [-0.2, -0.15) is 4.98 Å². The van der Waals surface area contributed by atoms with E-state index in [1.54, 1.807) is 0 Å². The van der Waals surface area contributed by atoms with Gasteiger partial charge in [0.25, 0.3) is 0 Å². The first kappa shape index (κ1) is 18.8. The number of aromatic nitrogens is 2. The number of nitro groups is 1. The van der Waals surface area contributed by atoms with Gasteiger partial charge in [0, 0.05) is 17.2 Å². The van der Waals surface area contributed by atoms with Gasteiger partial charge in [-0.1, -0.05) is 13.3 Å². The van der Waals surface area contributed by atoms with E-state index in [4.69, 9.17) is 11.6 Å². The van der Waals surface area contributed by atoms with Crippen LogP contribution in [0.15, 0.2) is 6.20 Å². The van der Waals surface area contributed by atoms with Crippen molar-refractivity contribution in [1.82, 2.24) is 9.97 Å². The highest BCUT2D eigenvalue weighted by Crippen LogP contribution is 2.21. The molecular weight excluding hydrogens is 331 g/mol. The molecule has 1 aromatic heterocycles. The van der Waals surface area contributed by atoms with Crippen LogP contribution in [0, 0.1) is 10.1 Å². The van der Waals surface area contributed by atoms with Gasteiger partial charge in [0.05, 0.1) is 11.2 Å². The van der Waals surface area contributed by atoms with Crippen molar-refractivity contribution in [3.63, 3.8) is 0 Å². The average molecular weight is 345 g/mol. The summed E-state index contributed by atoms with van der Waals surface area (Å²) in [6.45, 7) is 2.66. The lowest BCUT2D eigenvalue weighted by atomic mass is 10.3. The summed E-state index contributed by atoms with van der Waals surface area (Å²) in [4.78, 5) is 17.4. The molecule has 0 atom stereocenters. The molecule has 0 saturated carbocycles. The van der Waals surface area contributed by atoms with Crippen LogP contribution >= 0.6 is 22.3 Å². The fraction of sp³-hybridized carbons (Fsp3) is 0.556. The molecule has 0 amide bonds. The van der Waals surface area contributed by atoms with Crippen LogP contribution in [-0.2, 0) is 9.05 Å². The van der Waals surface area contributed by atoms with E-state index in [9.17, 15) is 18.5 Å². The van der Waals surface area contributed by atoms with Gasteiger partial charge in [0.2, 0.25) is 20.2 Å². The number of nitrogens with zero attached hydrogens (tertiary/aromatic N) is 3. The monoisotopic (exact) mass is 344 g/mol. The second-order valence-electron chi connectivity index (χ2n) is 3.59. The van der Waals surface area contributed by atoms with Gasteiger partial charge in [-0.3, -0.25) is 10.1 Å². The summed E-state index contributed by atoms with van der Waals surface area (Å²) in [5, 5.41) is 13.5. The van der Waals surface area contributed by atoms with E-state index in [0.717, 1.165) is 25.3 Å².